The molecule has 0 spiro atoms. The van der Waals surface area contributed by atoms with Crippen LogP contribution in [0, 0.1) is 11.3 Å². The van der Waals surface area contributed by atoms with Crippen LogP contribution < -0.4 is 14.8 Å². The number of carbonyl (C=O) groups is 2. The molecule has 28 heavy (non-hydrogen) atoms. The van der Waals surface area contributed by atoms with Gasteiger partial charge in [0.15, 0.2) is 18.1 Å². The Kier molecular flexibility index (Phi) is 5.99. The Balaban J connectivity index is 1.41. The maximum absolute atomic E-state index is 11.9. The third kappa shape index (κ3) is 4.71. The van der Waals surface area contributed by atoms with E-state index in [1.165, 1.54) is 0 Å². The molecule has 1 amide bonds. The maximum Gasteiger partial charge on any atom is 0.347 e. The van der Waals surface area contributed by atoms with E-state index in [1.54, 1.807) is 25.1 Å². The molecule has 1 heterocycles. The summed E-state index contributed by atoms with van der Waals surface area (Å²) in [4.78, 5) is 28.6. The summed E-state index contributed by atoms with van der Waals surface area (Å²) in [5.74, 6) is 0.0524. The van der Waals surface area contributed by atoms with Crippen molar-refractivity contribution in [3.8, 4) is 17.6 Å². The van der Waals surface area contributed by atoms with Crippen molar-refractivity contribution in [2.45, 2.75) is 38.1 Å². The summed E-state index contributed by atoms with van der Waals surface area (Å²) in [7, 11) is 0. The van der Waals surface area contributed by atoms with Gasteiger partial charge in [-0.2, -0.15) is 5.26 Å². The van der Waals surface area contributed by atoms with Gasteiger partial charge in [-0.25, -0.2) is 4.79 Å². The fourth-order valence-corrected chi connectivity index (χ4v) is 3.09. The molecule has 1 N–H and O–H groups in total. The molecule has 0 aromatic heterocycles. The molecular formula is C19H21N3O6. The summed E-state index contributed by atoms with van der Waals surface area (Å²) in [6, 6.07) is 7.47. The summed E-state index contributed by atoms with van der Waals surface area (Å²) < 4.78 is 15.4. The molecule has 1 saturated carbocycles. The first-order chi connectivity index (χ1) is 13.5. The van der Waals surface area contributed by atoms with E-state index >= 15 is 0 Å². The van der Waals surface area contributed by atoms with Crippen LogP contribution in [0.15, 0.2) is 23.4 Å². The maximum atomic E-state index is 11.9. The lowest BCUT2D eigenvalue weighted by Gasteiger charge is -2.21. The smallest absolute Gasteiger partial charge is 0.347 e. The average Bonchev–Trinajstić information content (AvgIpc) is 3.35. The molecule has 0 bridgehead atoms. The highest BCUT2D eigenvalue weighted by Gasteiger charge is 2.35. The number of amides is 1. The van der Waals surface area contributed by atoms with Crippen LogP contribution in [0.4, 0.5) is 0 Å². The lowest BCUT2D eigenvalue weighted by atomic mass is 10.00. The minimum absolute atomic E-state index is 0.181. The first-order valence-electron chi connectivity index (χ1n) is 8.96. The van der Waals surface area contributed by atoms with Crippen molar-refractivity contribution in [1.29, 1.82) is 5.26 Å². The second-order valence-corrected chi connectivity index (χ2v) is 6.63. The molecule has 0 atom stereocenters. The number of nitriles is 1. The van der Waals surface area contributed by atoms with E-state index in [-0.39, 0.29) is 6.79 Å². The number of benzene rings is 1. The van der Waals surface area contributed by atoms with E-state index in [0.29, 0.717) is 30.1 Å². The van der Waals surface area contributed by atoms with Gasteiger partial charge in [0.1, 0.15) is 5.54 Å². The van der Waals surface area contributed by atoms with Gasteiger partial charge in [-0.1, -0.05) is 5.16 Å². The minimum atomic E-state index is -0.841. The second kappa shape index (κ2) is 8.61. The van der Waals surface area contributed by atoms with E-state index in [1.807, 2.05) is 0 Å². The van der Waals surface area contributed by atoms with E-state index in [9.17, 15) is 14.9 Å². The van der Waals surface area contributed by atoms with Crippen LogP contribution in [0.2, 0.25) is 0 Å². The highest BCUT2D eigenvalue weighted by atomic mass is 16.7. The number of ether oxygens (including phenoxy) is 3. The molecule has 1 fully saturated rings. The summed E-state index contributed by atoms with van der Waals surface area (Å²) in [5.41, 5.74) is 0.461. The van der Waals surface area contributed by atoms with Crippen molar-refractivity contribution in [1.82, 2.24) is 5.32 Å². The van der Waals surface area contributed by atoms with Gasteiger partial charge in [0.25, 0.3) is 5.91 Å². The van der Waals surface area contributed by atoms with Crippen molar-refractivity contribution in [2.75, 3.05) is 20.0 Å². The summed E-state index contributed by atoms with van der Waals surface area (Å²) >= 11 is 0. The number of hydrogen-bond acceptors (Lipinski definition) is 8. The molecule has 3 rings (SSSR count). The van der Waals surface area contributed by atoms with Gasteiger partial charge >= 0.3 is 5.97 Å². The zero-order valence-corrected chi connectivity index (χ0v) is 15.5. The van der Waals surface area contributed by atoms with Gasteiger partial charge in [-0.05, 0) is 50.8 Å². The number of nitrogens with zero attached hydrogens (tertiary/aromatic N) is 2. The van der Waals surface area contributed by atoms with Crippen molar-refractivity contribution in [2.24, 2.45) is 5.16 Å². The second-order valence-electron chi connectivity index (χ2n) is 6.63. The molecule has 0 saturated heterocycles. The van der Waals surface area contributed by atoms with Crippen LogP contribution in [-0.4, -0.2) is 43.1 Å². The third-order valence-electron chi connectivity index (χ3n) is 4.59. The molecule has 9 heteroatoms. The monoisotopic (exact) mass is 387 g/mol. The van der Waals surface area contributed by atoms with E-state index in [0.717, 1.165) is 18.4 Å². The van der Waals surface area contributed by atoms with Crippen molar-refractivity contribution < 1.29 is 28.6 Å². The van der Waals surface area contributed by atoms with E-state index < -0.39 is 30.6 Å². The first-order valence-corrected chi connectivity index (χ1v) is 8.96. The molecule has 1 aliphatic carbocycles. The van der Waals surface area contributed by atoms with Gasteiger partial charge in [-0.15, -0.1) is 0 Å². The van der Waals surface area contributed by atoms with Gasteiger partial charge in [-0.3, -0.25) is 4.79 Å². The number of carbonyl (C=O) groups excluding carboxylic acids is 2. The van der Waals surface area contributed by atoms with Crippen LogP contribution >= 0.6 is 0 Å². The van der Waals surface area contributed by atoms with Crippen LogP contribution in [-0.2, 0) is 19.2 Å². The Morgan fingerprint density at radius 2 is 2.00 bits per heavy atom. The first kappa shape index (κ1) is 19.5. The van der Waals surface area contributed by atoms with Gasteiger partial charge in [0.05, 0.1) is 11.8 Å². The van der Waals surface area contributed by atoms with Gasteiger partial charge in [0, 0.05) is 5.56 Å². The van der Waals surface area contributed by atoms with Gasteiger partial charge in [0.2, 0.25) is 13.4 Å². The topological polar surface area (TPSA) is 119 Å². The highest BCUT2D eigenvalue weighted by molar-refractivity contribution is 5.99. The lowest BCUT2D eigenvalue weighted by Crippen LogP contribution is -2.46. The average molecular weight is 387 g/mol. The van der Waals surface area contributed by atoms with Gasteiger partial charge < -0.3 is 24.4 Å². The molecule has 1 aliphatic heterocycles. The standard InChI is InChI=1S/C19H21N3O6/c1-13(14-4-5-15-16(8-14)27-12-26-15)22-28-10-18(24)25-9-17(23)21-19(11-20)6-2-3-7-19/h4-5,8H,2-3,6-7,9-10,12H2,1H3,(H,21,23). The van der Waals surface area contributed by atoms with Crippen LogP contribution in [0.3, 0.4) is 0 Å². The van der Waals surface area contributed by atoms with Crippen molar-refractivity contribution >= 4 is 17.6 Å². The number of nitrogens with one attached hydrogen (secondary N) is 1. The summed E-state index contributed by atoms with van der Waals surface area (Å²) in [6.45, 7) is 1.01. The number of oxime groups is 1. The quantitative estimate of drug-likeness (QED) is 0.429. The number of fused-ring (bicyclic) bond motifs is 1. The molecule has 1 aromatic carbocycles. The fraction of sp³-hybridized carbons (Fsp3) is 0.474. The summed E-state index contributed by atoms with van der Waals surface area (Å²) in [6.07, 6.45) is 3.00. The Labute approximate surface area is 162 Å². The molecular weight excluding hydrogens is 366 g/mol. The molecule has 0 radical (unpaired) electrons. The number of esters is 1. The Bertz CT molecular complexity index is 823. The van der Waals surface area contributed by atoms with Crippen LogP contribution in [0.1, 0.15) is 38.2 Å². The number of rotatable bonds is 7. The molecule has 9 nitrogen and oxygen atoms in total. The largest absolute Gasteiger partial charge is 0.454 e. The fourth-order valence-electron chi connectivity index (χ4n) is 3.09. The molecule has 1 aromatic rings. The van der Waals surface area contributed by atoms with E-state index in [4.69, 9.17) is 19.0 Å². The Morgan fingerprint density at radius 3 is 2.75 bits per heavy atom. The normalized spacial score (nSPS) is 16.9. The van der Waals surface area contributed by atoms with Crippen LogP contribution in [0.25, 0.3) is 0 Å². The predicted molar refractivity (Wildman–Crippen MR) is 96.6 cm³/mol. The molecule has 148 valence electrons. The highest BCUT2D eigenvalue weighted by Crippen LogP contribution is 2.32. The lowest BCUT2D eigenvalue weighted by molar-refractivity contribution is -0.153. The minimum Gasteiger partial charge on any atom is -0.454 e. The zero-order valence-electron chi connectivity index (χ0n) is 15.5. The van der Waals surface area contributed by atoms with E-state index in [2.05, 4.69) is 16.5 Å². The number of hydrogen-bond donors (Lipinski definition) is 1. The predicted octanol–water partition coefficient (Wildman–Crippen LogP) is 1.65. The zero-order chi connectivity index (χ0) is 20.0. The Morgan fingerprint density at radius 1 is 1.25 bits per heavy atom. The molecule has 0 unspecified atom stereocenters. The summed E-state index contributed by atoms with van der Waals surface area (Å²) in [5, 5.41) is 15.8. The molecule has 2 aliphatic rings. The Hall–Kier alpha value is -3.28. The SMILES string of the molecule is CC(=NOCC(=O)OCC(=O)NC1(C#N)CCCC1)c1ccc2c(c1)OCO2. The van der Waals surface area contributed by atoms with Crippen LogP contribution in [0.5, 0.6) is 11.5 Å². The van der Waals surface area contributed by atoms with Crippen molar-refractivity contribution in [3.05, 3.63) is 23.8 Å². The van der Waals surface area contributed by atoms with Crippen molar-refractivity contribution in [3.63, 3.8) is 0 Å². The third-order valence-corrected chi connectivity index (χ3v) is 4.59.